The van der Waals surface area contributed by atoms with Gasteiger partial charge in [-0.25, -0.2) is 0 Å². The number of anilines is 2. The second-order valence-corrected chi connectivity index (χ2v) is 6.20. The van der Waals surface area contributed by atoms with Gasteiger partial charge in [0, 0.05) is 44.5 Å². The van der Waals surface area contributed by atoms with Gasteiger partial charge >= 0.3 is 0 Å². The zero-order valence-corrected chi connectivity index (χ0v) is 14.9. The van der Waals surface area contributed by atoms with Gasteiger partial charge in [-0.15, -0.1) is 0 Å². The SMILES string of the molecule is CC(=O)Nc1cccc(N2CCN(C(=O)COc3ccccc3)CC2)c1. The fourth-order valence-corrected chi connectivity index (χ4v) is 2.95. The normalized spacial score (nSPS) is 14.0. The van der Waals surface area contributed by atoms with Crippen LogP contribution >= 0.6 is 0 Å². The molecule has 26 heavy (non-hydrogen) atoms. The number of carbonyl (C=O) groups is 2. The first-order valence-corrected chi connectivity index (χ1v) is 8.70. The molecule has 0 atom stereocenters. The van der Waals surface area contributed by atoms with E-state index in [9.17, 15) is 9.59 Å². The van der Waals surface area contributed by atoms with Crippen molar-refractivity contribution in [3.05, 3.63) is 54.6 Å². The Morgan fingerprint density at radius 1 is 1.00 bits per heavy atom. The highest BCUT2D eigenvalue weighted by atomic mass is 16.5. The lowest BCUT2D eigenvalue weighted by Gasteiger charge is -2.36. The molecule has 1 saturated heterocycles. The van der Waals surface area contributed by atoms with Crippen LogP contribution in [-0.4, -0.2) is 49.5 Å². The van der Waals surface area contributed by atoms with E-state index < -0.39 is 0 Å². The first-order valence-electron chi connectivity index (χ1n) is 8.70. The number of rotatable bonds is 5. The van der Waals surface area contributed by atoms with Gasteiger partial charge in [0.25, 0.3) is 5.91 Å². The Bertz CT molecular complexity index is 756. The van der Waals surface area contributed by atoms with Crippen LogP contribution in [0.4, 0.5) is 11.4 Å². The van der Waals surface area contributed by atoms with Crippen LogP contribution < -0.4 is 15.0 Å². The maximum atomic E-state index is 12.3. The monoisotopic (exact) mass is 353 g/mol. The predicted octanol–water partition coefficient (Wildman–Crippen LogP) is 2.37. The minimum Gasteiger partial charge on any atom is -0.484 e. The van der Waals surface area contributed by atoms with Crippen LogP contribution in [0.25, 0.3) is 0 Å². The van der Waals surface area contributed by atoms with Crippen molar-refractivity contribution >= 4 is 23.2 Å². The molecule has 0 aromatic heterocycles. The average molecular weight is 353 g/mol. The lowest BCUT2D eigenvalue weighted by Crippen LogP contribution is -2.50. The molecule has 0 aliphatic carbocycles. The van der Waals surface area contributed by atoms with E-state index in [2.05, 4.69) is 10.2 Å². The lowest BCUT2D eigenvalue weighted by atomic mass is 10.2. The molecule has 1 heterocycles. The van der Waals surface area contributed by atoms with E-state index in [1.165, 1.54) is 6.92 Å². The summed E-state index contributed by atoms with van der Waals surface area (Å²) in [7, 11) is 0. The number of nitrogens with one attached hydrogen (secondary N) is 1. The third-order valence-electron chi connectivity index (χ3n) is 4.27. The summed E-state index contributed by atoms with van der Waals surface area (Å²) < 4.78 is 5.54. The first kappa shape index (κ1) is 17.8. The number of benzene rings is 2. The van der Waals surface area contributed by atoms with E-state index in [0.717, 1.165) is 24.5 Å². The fourth-order valence-electron chi connectivity index (χ4n) is 2.95. The number of ether oxygens (including phenoxy) is 1. The summed E-state index contributed by atoms with van der Waals surface area (Å²) in [5, 5.41) is 2.80. The number of nitrogens with zero attached hydrogens (tertiary/aromatic N) is 2. The summed E-state index contributed by atoms with van der Waals surface area (Å²) in [6.07, 6.45) is 0. The van der Waals surface area contributed by atoms with Gasteiger partial charge in [-0.1, -0.05) is 24.3 Å². The van der Waals surface area contributed by atoms with Crippen molar-refractivity contribution in [2.24, 2.45) is 0 Å². The van der Waals surface area contributed by atoms with Crippen LogP contribution in [0.5, 0.6) is 5.75 Å². The Hall–Kier alpha value is -3.02. The summed E-state index contributed by atoms with van der Waals surface area (Å²) in [5.74, 6) is 0.616. The van der Waals surface area contributed by atoms with Crippen LogP contribution in [0.3, 0.4) is 0 Å². The van der Waals surface area contributed by atoms with Crippen molar-refractivity contribution in [2.75, 3.05) is 43.0 Å². The maximum absolute atomic E-state index is 12.3. The Balaban J connectivity index is 1.51. The Morgan fingerprint density at radius 3 is 2.42 bits per heavy atom. The summed E-state index contributed by atoms with van der Waals surface area (Å²) in [5.41, 5.74) is 1.83. The molecular formula is C20H23N3O3. The molecule has 0 bridgehead atoms. The third kappa shape index (κ3) is 4.75. The Labute approximate surface area is 153 Å². The molecule has 0 radical (unpaired) electrons. The zero-order valence-electron chi connectivity index (χ0n) is 14.9. The van der Waals surface area contributed by atoms with Gasteiger partial charge in [-0.2, -0.15) is 0 Å². The number of para-hydroxylation sites is 1. The molecule has 2 aromatic rings. The second kappa shape index (κ2) is 8.38. The number of hydrogen-bond acceptors (Lipinski definition) is 4. The van der Waals surface area contributed by atoms with E-state index >= 15 is 0 Å². The van der Waals surface area contributed by atoms with Crippen LogP contribution in [0.1, 0.15) is 6.92 Å². The summed E-state index contributed by atoms with van der Waals surface area (Å²) >= 11 is 0. The lowest BCUT2D eigenvalue weighted by molar-refractivity contribution is -0.133. The van der Waals surface area contributed by atoms with Crippen LogP contribution in [0.15, 0.2) is 54.6 Å². The van der Waals surface area contributed by atoms with Crippen molar-refractivity contribution < 1.29 is 14.3 Å². The maximum Gasteiger partial charge on any atom is 0.260 e. The molecule has 2 amide bonds. The fraction of sp³-hybridized carbons (Fsp3) is 0.300. The molecule has 0 unspecified atom stereocenters. The van der Waals surface area contributed by atoms with Crippen molar-refractivity contribution in [2.45, 2.75) is 6.92 Å². The average Bonchev–Trinajstić information content (AvgIpc) is 2.67. The van der Waals surface area contributed by atoms with Gasteiger partial charge in [0.2, 0.25) is 5.91 Å². The number of carbonyl (C=O) groups excluding carboxylic acids is 2. The van der Waals surface area contributed by atoms with Gasteiger partial charge in [0.15, 0.2) is 6.61 Å². The van der Waals surface area contributed by atoms with E-state index in [4.69, 9.17) is 4.74 Å². The van der Waals surface area contributed by atoms with Crippen molar-refractivity contribution in [1.82, 2.24) is 4.90 Å². The van der Waals surface area contributed by atoms with E-state index in [1.54, 1.807) is 0 Å². The molecular weight excluding hydrogens is 330 g/mol. The minimum absolute atomic E-state index is 0.000463. The largest absolute Gasteiger partial charge is 0.484 e. The van der Waals surface area contributed by atoms with E-state index in [1.807, 2.05) is 59.5 Å². The highest BCUT2D eigenvalue weighted by Crippen LogP contribution is 2.21. The molecule has 1 aliphatic rings. The molecule has 6 nitrogen and oxygen atoms in total. The third-order valence-corrected chi connectivity index (χ3v) is 4.27. The van der Waals surface area contributed by atoms with Gasteiger partial charge in [0.1, 0.15) is 5.75 Å². The smallest absolute Gasteiger partial charge is 0.260 e. The summed E-state index contributed by atoms with van der Waals surface area (Å²) in [6, 6.07) is 17.1. The molecule has 1 fully saturated rings. The van der Waals surface area contributed by atoms with Gasteiger partial charge in [-0.05, 0) is 30.3 Å². The first-order chi connectivity index (χ1) is 12.6. The highest BCUT2D eigenvalue weighted by Gasteiger charge is 2.21. The predicted molar refractivity (Wildman–Crippen MR) is 101 cm³/mol. The van der Waals surface area contributed by atoms with E-state index in [0.29, 0.717) is 18.8 Å². The van der Waals surface area contributed by atoms with E-state index in [-0.39, 0.29) is 18.4 Å². The number of hydrogen-bond donors (Lipinski definition) is 1. The van der Waals surface area contributed by atoms with Crippen molar-refractivity contribution in [3.63, 3.8) is 0 Å². The van der Waals surface area contributed by atoms with Gasteiger partial charge in [0.05, 0.1) is 0 Å². The highest BCUT2D eigenvalue weighted by molar-refractivity contribution is 5.89. The van der Waals surface area contributed by atoms with Crippen molar-refractivity contribution in [1.29, 1.82) is 0 Å². The van der Waals surface area contributed by atoms with Gasteiger partial charge in [-0.3, -0.25) is 9.59 Å². The second-order valence-electron chi connectivity index (χ2n) is 6.20. The molecule has 0 saturated carbocycles. The molecule has 6 heteroatoms. The number of piperazine rings is 1. The number of amides is 2. The molecule has 0 spiro atoms. The molecule has 2 aromatic carbocycles. The van der Waals surface area contributed by atoms with Crippen molar-refractivity contribution in [3.8, 4) is 5.75 Å². The summed E-state index contributed by atoms with van der Waals surface area (Å²) in [4.78, 5) is 27.6. The standard InChI is InChI=1S/C20H23N3O3/c1-16(24)21-17-6-5-7-18(14-17)22-10-12-23(13-11-22)20(25)15-26-19-8-3-2-4-9-19/h2-9,14H,10-13,15H2,1H3,(H,21,24). The molecule has 3 rings (SSSR count). The Kier molecular flexibility index (Phi) is 5.73. The van der Waals surface area contributed by atoms with Crippen LogP contribution in [0.2, 0.25) is 0 Å². The molecule has 136 valence electrons. The summed E-state index contributed by atoms with van der Waals surface area (Å²) in [6.45, 7) is 4.36. The molecule has 1 N–H and O–H groups in total. The minimum atomic E-state index is -0.0871. The van der Waals surface area contributed by atoms with Crippen LogP contribution in [0, 0.1) is 0 Å². The quantitative estimate of drug-likeness (QED) is 0.896. The van der Waals surface area contributed by atoms with Crippen LogP contribution in [-0.2, 0) is 9.59 Å². The Morgan fingerprint density at radius 2 is 1.73 bits per heavy atom. The topological polar surface area (TPSA) is 61.9 Å². The van der Waals surface area contributed by atoms with Gasteiger partial charge < -0.3 is 19.9 Å². The zero-order chi connectivity index (χ0) is 18.4. The molecule has 1 aliphatic heterocycles.